The summed E-state index contributed by atoms with van der Waals surface area (Å²) < 4.78 is 24.7. The summed E-state index contributed by atoms with van der Waals surface area (Å²) in [5.41, 5.74) is 4.05. The molecule has 2 fully saturated rings. The van der Waals surface area contributed by atoms with E-state index in [4.69, 9.17) is 0 Å². The summed E-state index contributed by atoms with van der Waals surface area (Å²) >= 11 is 0. The molecule has 0 radical (unpaired) electrons. The molecule has 0 aliphatic carbocycles. The molecule has 0 saturated carbocycles. The third kappa shape index (κ3) is 3.54. The van der Waals surface area contributed by atoms with Gasteiger partial charge in [-0.2, -0.15) is 0 Å². The fourth-order valence-corrected chi connectivity index (χ4v) is 6.17. The van der Waals surface area contributed by atoms with Crippen LogP contribution in [0.2, 0.25) is 0 Å². The topological polar surface area (TPSA) is 82.2 Å². The highest BCUT2D eigenvalue weighted by Gasteiger charge is 2.46. The van der Waals surface area contributed by atoms with Crippen LogP contribution in [0, 0.1) is 13.8 Å². The maximum atomic E-state index is 12.4. The van der Waals surface area contributed by atoms with Crippen molar-refractivity contribution in [3.63, 3.8) is 0 Å². The number of fused-ring (bicyclic) bond motifs is 1. The minimum atomic E-state index is -3.02. The monoisotopic (exact) mass is 375 g/mol. The van der Waals surface area contributed by atoms with E-state index in [9.17, 15) is 8.42 Å². The molecule has 4 heterocycles. The van der Waals surface area contributed by atoms with Crippen molar-refractivity contribution < 1.29 is 8.42 Å². The maximum absolute atomic E-state index is 12.4. The van der Waals surface area contributed by atoms with Crippen LogP contribution in [-0.2, 0) is 22.9 Å². The Bertz CT molecular complexity index is 894. The fraction of sp³-hybridized carbons (Fsp3) is 0.556. The van der Waals surface area contributed by atoms with E-state index in [2.05, 4.69) is 24.8 Å². The minimum absolute atomic E-state index is 0.0228. The number of piperazine rings is 1. The number of nitrogens with zero attached hydrogens (tertiary/aromatic N) is 4. The zero-order chi connectivity index (χ0) is 18.3. The molecule has 2 aliphatic rings. The minimum Gasteiger partial charge on any atom is -0.348 e. The van der Waals surface area contributed by atoms with Gasteiger partial charge in [-0.15, -0.1) is 0 Å². The van der Waals surface area contributed by atoms with Gasteiger partial charge in [0.05, 0.1) is 29.2 Å². The summed E-state index contributed by atoms with van der Waals surface area (Å²) in [4.78, 5) is 16.7. The largest absolute Gasteiger partial charge is 0.348 e. The Balaban J connectivity index is 1.54. The van der Waals surface area contributed by atoms with Gasteiger partial charge in [0, 0.05) is 49.7 Å². The Hall–Kier alpha value is -1.77. The molecule has 0 spiro atoms. The van der Waals surface area contributed by atoms with E-state index in [0.717, 1.165) is 35.9 Å². The van der Waals surface area contributed by atoms with Gasteiger partial charge < -0.3 is 4.98 Å². The number of aryl methyl sites for hydroxylation is 2. The number of aromatic amines is 1. The zero-order valence-electron chi connectivity index (χ0n) is 15.2. The Kier molecular flexibility index (Phi) is 4.58. The molecule has 8 heteroatoms. The fourth-order valence-electron chi connectivity index (χ4n) is 4.12. The maximum Gasteiger partial charge on any atom is 0.153 e. The molecule has 7 nitrogen and oxygen atoms in total. The van der Waals surface area contributed by atoms with E-state index in [1.807, 2.05) is 32.0 Å². The van der Waals surface area contributed by atoms with E-state index in [1.165, 1.54) is 0 Å². The molecule has 0 amide bonds. The molecule has 0 aromatic carbocycles. The summed E-state index contributed by atoms with van der Waals surface area (Å²) in [5, 5.41) is 0. The van der Waals surface area contributed by atoms with Gasteiger partial charge in [-0.3, -0.25) is 14.8 Å². The van der Waals surface area contributed by atoms with Gasteiger partial charge in [-0.05, 0) is 26.0 Å². The Labute approximate surface area is 154 Å². The van der Waals surface area contributed by atoms with Crippen molar-refractivity contribution in [2.45, 2.75) is 39.0 Å². The van der Waals surface area contributed by atoms with Gasteiger partial charge in [-0.1, -0.05) is 6.07 Å². The normalized spacial score (nSPS) is 26.1. The van der Waals surface area contributed by atoms with Crippen molar-refractivity contribution in [1.29, 1.82) is 0 Å². The summed E-state index contributed by atoms with van der Waals surface area (Å²) in [5.74, 6) is 0.471. The highest BCUT2D eigenvalue weighted by molar-refractivity contribution is 7.91. The molecule has 26 heavy (non-hydrogen) atoms. The van der Waals surface area contributed by atoms with Crippen LogP contribution in [0.5, 0.6) is 0 Å². The number of imidazole rings is 1. The predicted molar refractivity (Wildman–Crippen MR) is 99.3 cm³/mol. The van der Waals surface area contributed by atoms with E-state index in [1.54, 1.807) is 6.33 Å². The number of pyridine rings is 1. The van der Waals surface area contributed by atoms with E-state index >= 15 is 0 Å². The Morgan fingerprint density at radius 2 is 1.81 bits per heavy atom. The molecule has 2 saturated heterocycles. The first-order chi connectivity index (χ1) is 12.4. The zero-order valence-corrected chi connectivity index (χ0v) is 16.0. The second-order valence-corrected chi connectivity index (χ2v) is 9.55. The van der Waals surface area contributed by atoms with Crippen molar-refractivity contribution in [3.05, 3.63) is 47.3 Å². The highest BCUT2D eigenvalue weighted by Crippen LogP contribution is 2.29. The first-order valence-corrected chi connectivity index (χ1v) is 10.8. The summed E-state index contributed by atoms with van der Waals surface area (Å²) in [6.07, 6.45) is 1.70. The molecular weight excluding hydrogens is 350 g/mol. The number of nitrogens with one attached hydrogen (secondary N) is 1. The van der Waals surface area contributed by atoms with Gasteiger partial charge in [0.25, 0.3) is 0 Å². The van der Waals surface area contributed by atoms with E-state index in [0.29, 0.717) is 13.1 Å². The van der Waals surface area contributed by atoms with Crippen LogP contribution in [0.25, 0.3) is 0 Å². The van der Waals surface area contributed by atoms with Crippen LogP contribution in [0.4, 0.5) is 0 Å². The van der Waals surface area contributed by atoms with Gasteiger partial charge in [0.2, 0.25) is 0 Å². The summed E-state index contributed by atoms with van der Waals surface area (Å²) in [7, 11) is -3.02. The number of aromatic nitrogens is 3. The second kappa shape index (κ2) is 6.75. The smallest absolute Gasteiger partial charge is 0.153 e. The van der Waals surface area contributed by atoms with Gasteiger partial charge >= 0.3 is 0 Å². The first-order valence-electron chi connectivity index (χ1n) is 9.01. The van der Waals surface area contributed by atoms with Crippen molar-refractivity contribution in [2.75, 3.05) is 24.6 Å². The third-order valence-electron chi connectivity index (χ3n) is 5.50. The quantitative estimate of drug-likeness (QED) is 0.855. The van der Waals surface area contributed by atoms with Crippen LogP contribution < -0.4 is 0 Å². The number of rotatable bonds is 4. The van der Waals surface area contributed by atoms with E-state index in [-0.39, 0.29) is 23.6 Å². The van der Waals surface area contributed by atoms with Gasteiger partial charge in [-0.25, -0.2) is 13.4 Å². The average Bonchev–Trinajstić information content (AvgIpc) is 3.12. The first kappa shape index (κ1) is 17.6. The van der Waals surface area contributed by atoms with Crippen molar-refractivity contribution in [3.8, 4) is 0 Å². The van der Waals surface area contributed by atoms with Crippen LogP contribution >= 0.6 is 0 Å². The molecule has 2 aromatic heterocycles. The molecule has 2 aliphatic heterocycles. The number of H-pyrrole nitrogens is 1. The highest BCUT2D eigenvalue weighted by atomic mass is 32.2. The van der Waals surface area contributed by atoms with Crippen LogP contribution in [0.3, 0.4) is 0 Å². The molecule has 0 bridgehead atoms. The third-order valence-corrected chi connectivity index (χ3v) is 7.20. The predicted octanol–water partition coefficient (Wildman–Crippen LogP) is 0.905. The second-order valence-electron chi connectivity index (χ2n) is 7.40. The molecule has 2 aromatic rings. The van der Waals surface area contributed by atoms with Crippen LogP contribution in [-0.4, -0.2) is 69.8 Å². The van der Waals surface area contributed by atoms with Crippen molar-refractivity contribution >= 4 is 9.84 Å². The van der Waals surface area contributed by atoms with Crippen LogP contribution in [0.15, 0.2) is 24.5 Å². The molecular formula is C18H25N5O2S. The molecule has 1 N–H and O–H groups in total. The van der Waals surface area contributed by atoms with Gasteiger partial charge in [0.1, 0.15) is 0 Å². The summed E-state index contributed by atoms with van der Waals surface area (Å²) in [6, 6.07) is 6.06. The van der Waals surface area contributed by atoms with Gasteiger partial charge in [0.15, 0.2) is 9.84 Å². The molecule has 140 valence electrons. The number of hydrogen-bond donors (Lipinski definition) is 1. The lowest BCUT2D eigenvalue weighted by atomic mass is 10.0. The number of hydrogen-bond acceptors (Lipinski definition) is 6. The SMILES string of the molecule is Cc1cccc(CN2CCN(Cc3nc[nH]c3C)[C@@H]3CS(=O)(=O)C[C@@H]32)n1. The average molecular weight is 375 g/mol. The Morgan fingerprint density at radius 3 is 2.42 bits per heavy atom. The number of sulfone groups is 1. The molecule has 4 rings (SSSR count). The standard InChI is InChI=1S/C18H25N5O2S/c1-13-4-3-5-15(21-13)8-22-6-7-23(9-16-14(2)19-12-20-16)18-11-26(24,25)10-17(18)22/h3-5,12,17-18H,6-11H2,1-2H3,(H,19,20)/t17-,18+/m0/s1. The van der Waals surface area contributed by atoms with Crippen molar-refractivity contribution in [2.24, 2.45) is 0 Å². The lowest BCUT2D eigenvalue weighted by molar-refractivity contribution is 0.0340. The Morgan fingerprint density at radius 1 is 1.12 bits per heavy atom. The molecule has 0 unspecified atom stereocenters. The van der Waals surface area contributed by atoms with E-state index < -0.39 is 9.84 Å². The lowest BCUT2D eigenvalue weighted by Crippen LogP contribution is -2.58. The lowest BCUT2D eigenvalue weighted by Gasteiger charge is -2.43. The van der Waals surface area contributed by atoms with Crippen molar-refractivity contribution in [1.82, 2.24) is 24.8 Å². The molecule has 2 atom stereocenters. The van der Waals surface area contributed by atoms with Crippen LogP contribution in [0.1, 0.15) is 22.8 Å². The summed E-state index contributed by atoms with van der Waals surface area (Å²) in [6.45, 7) is 7.07.